The van der Waals surface area contributed by atoms with E-state index >= 15 is 0 Å². The molecule has 4 heteroatoms. The third-order valence-electron chi connectivity index (χ3n) is 3.22. The van der Waals surface area contributed by atoms with Crippen LogP contribution >= 0.6 is 15.9 Å². The zero-order valence-corrected chi connectivity index (χ0v) is 11.1. The first kappa shape index (κ1) is 13.0. The molecule has 2 unspecified atom stereocenters. The number of nitrogens with one attached hydrogen (secondary N) is 1. The topological polar surface area (TPSA) is 12.0 Å². The molecule has 94 valence electrons. The predicted octanol–water partition coefficient (Wildman–Crippen LogP) is 3.61. The van der Waals surface area contributed by atoms with Gasteiger partial charge in [-0.25, -0.2) is 8.78 Å². The van der Waals surface area contributed by atoms with Crippen molar-refractivity contribution in [1.29, 1.82) is 0 Å². The van der Waals surface area contributed by atoms with Gasteiger partial charge in [0.2, 0.25) is 0 Å². The Kier molecular flexibility index (Phi) is 4.51. The van der Waals surface area contributed by atoms with E-state index in [-0.39, 0.29) is 18.3 Å². The molecule has 17 heavy (non-hydrogen) atoms. The molecule has 0 aromatic heterocycles. The van der Waals surface area contributed by atoms with Gasteiger partial charge in [0, 0.05) is 16.9 Å². The van der Waals surface area contributed by atoms with Crippen molar-refractivity contribution in [3.05, 3.63) is 34.1 Å². The van der Waals surface area contributed by atoms with Crippen LogP contribution in [0, 0.1) is 5.82 Å². The molecule has 0 bridgehead atoms. The van der Waals surface area contributed by atoms with Gasteiger partial charge in [-0.1, -0.05) is 28.4 Å². The molecule has 0 spiro atoms. The average Bonchev–Trinajstić information content (AvgIpc) is 2.34. The second kappa shape index (κ2) is 5.91. The standard InChI is InChI=1S/C13H16BrF2N/c14-10-5-4-9(11(15)8-10)7-12(16)13-3-1-2-6-17-13/h4-5,8,12-13,17H,1-3,6-7H2. The van der Waals surface area contributed by atoms with E-state index in [9.17, 15) is 8.78 Å². The largest absolute Gasteiger partial charge is 0.311 e. The Morgan fingerprint density at radius 1 is 1.41 bits per heavy atom. The Labute approximate surface area is 109 Å². The molecular formula is C13H16BrF2N. The highest BCUT2D eigenvalue weighted by Gasteiger charge is 2.23. The van der Waals surface area contributed by atoms with Gasteiger partial charge in [-0.2, -0.15) is 0 Å². The second-order valence-electron chi connectivity index (χ2n) is 4.51. The quantitative estimate of drug-likeness (QED) is 0.899. The molecule has 1 aliphatic heterocycles. The molecule has 1 N–H and O–H groups in total. The summed E-state index contributed by atoms with van der Waals surface area (Å²) in [4.78, 5) is 0. The normalized spacial score (nSPS) is 22.4. The zero-order valence-electron chi connectivity index (χ0n) is 9.56. The molecule has 1 aromatic rings. The van der Waals surface area contributed by atoms with Crippen molar-refractivity contribution in [2.75, 3.05) is 6.54 Å². The Bertz CT molecular complexity index is 378. The van der Waals surface area contributed by atoms with Crippen LogP contribution in [0.1, 0.15) is 24.8 Å². The van der Waals surface area contributed by atoms with E-state index in [2.05, 4.69) is 21.2 Å². The van der Waals surface area contributed by atoms with Crippen molar-refractivity contribution in [2.24, 2.45) is 0 Å². The highest BCUT2D eigenvalue weighted by atomic mass is 79.9. The number of halogens is 3. The number of piperidine rings is 1. The minimum Gasteiger partial charge on any atom is -0.311 e. The summed E-state index contributed by atoms with van der Waals surface area (Å²) in [5, 5.41) is 3.16. The smallest absolute Gasteiger partial charge is 0.127 e. The van der Waals surface area contributed by atoms with Crippen molar-refractivity contribution < 1.29 is 8.78 Å². The fraction of sp³-hybridized carbons (Fsp3) is 0.538. The van der Waals surface area contributed by atoms with Crippen molar-refractivity contribution in [3.63, 3.8) is 0 Å². The fourth-order valence-electron chi connectivity index (χ4n) is 2.23. The lowest BCUT2D eigenvalue weighted by Crippen LogP contribution is -2.42. The highest BCUT2D eigenvalue weighted by Crippen LogP contribution is 2.20. The molecule has 1 aliphatic rings. The minimum absolute atomic E-state index is 0.119. The number of rotatable bonds is 3. The van der Waals surface area contributed by atoms with Crippen LogP contribution in [0.15, 0.2) is 22.7 Å². The maximum absolute atomic E-state index is 14.0. The van der Waals surface area contributed by atoms with Gasteiger partial charge in [0.1, 0.15) is 12.0 Å². The molecule has 2 rings (SSSR count). The summed E-state index contributed by atoms with van der Waals surface area (Å²) in [6, 6.07) is 4.66. The zero-order chi connectivity index (χ0) is 12.3. The lowest BCUT2D eigenvalue weighted by Gasteiger charge is -2.26. The van der Waals surface area contributed by atoms with Gasteiger partial charge in [-0.15, -0.1) is 0 Å². The van der Waals surface area contributed by atoms with Crippen molar-refractivity contribution in [1.82, 2.24) is 5.32 Å². The molecule has 1 saturated heterocycles. The predicted molar refractivity (Wildman–Crippen MR) is 68.3 cm³/mol. The Hall–Kier alpha value is -0.480. The van der Waals surface area contributed by atoms with Crippen molar-refractivity contribution >= 4 is 15.9 Å². The summed E-state index contributed by atoms with van der Waals surface area (Å²) < 4.78 is 28.3. The SMILES string of the molecule is Fc1cc(Br)ccc1CC(F)C1CCCCN1. The lowest BCUT2D eigenvalue weighted by atomic mass is 9.96. The number of hydrogen-bond acceptors (Lipinski definition) is 1. The van der Waals surface area contributed by atoms with Crippen LogP contribution in [0.5, 0.6) is 0 Å². The van der Waals surface area contributed by atoms with Gasteiger partial charge in [-0.05, 0) is 37.1 Å². The van der Waals surface area contributed by atoms with Crippen LogP contribution in [0.4, 0.5) is 8.78 Å². The maximum atomic E-state index is 14.0. The summed E-state index contributed by atoms with van der Waals surface area (Å²) in [6.07, 6.45) is 2.15. The molecule has 1 fully saturated rings. The van der Waals surface area contributed by atoms with E-state index in [1.54, 1.807) is 12.1 Å². The molecule has 0 aliphatic carbocycles. The van der Waals surface area contributed by atoms with Gasteiger partial charge >= 0.3 is 0 Å². The van der Waals surface area contributed by atoms with E-state index in [1.807, 2.05) is 0 Å². The summed E-state index contributed by atoms with van der Waals surface area (Å²) in [7, 11) is 0. The van der Waals surface area contributed by atoms with Crippen molar-refractivity contribution in [2.45, 2.75) is 37.9 Å². The van der Waals surface area contributed by atoms with E-state index in [0.29, 0.717) is 10.0 Å². The summed E-state index contributed by atoms with van der Waals surface area (Å²) >= 11 is 3.19. The highest BCUT2D eigenvalue weighted by molar-refractivity contribution is 9.10. The van der Waals surface area contributed by atoms with Crippen molar-refractivity contribution in [3.8, 4) is 0 Å². The Morgan fingerprint density at radius 2 is 2.24 bits per heavy atom. The molecule has 2 atom stereocenters. The number of alkyl halides is 1. The first-order valence-electron chi connectivity index (χ1n) is 5.98. The second-order valence-corrected chi connectivity index (χ2v) is 5.43. The maximum Gasteiger partial charge on any atom is 0.127 e. The van der Waals surface area contributed by atoms with Gasteiger partial charge in [0.05, 0.1) is 0 Å². The molecule has 0 saturated carbocycles. The van der Waals surface area contributed by atoms with Gasteiger partial charge in [0.25, 0.3) is 0 Å². The molecule has 1 nitrogen and oxygen atoms in total. The van der Waals surface area contributed by atoms with Crippen LogP contribution in [0.3, 0.4) is 0 Å². The fourth-order valence-corrected chi connectivity index (χ4v) is 2.56. The van der Waals surface area contributed by atoms with Gasteiger partial charge < -0.3 is 5.32 Å². The molecule has 0 radical (unpaired) electrons. The summed E-state index contributed by atoms with van der Waals surface area (Å²) in [6.45, 7) is 0.869. The van der Waals surface area contributed by atoms with E-state index in [1.165, 1.54) is 6.07 Å². The third-order valence-corrected chi connectivity index (χ3v) is 3.71. The van der Waals surface area contributed by atoms with Gasteiger partial charge in [0.15, 0.2) is 0 Å². The summed E-state index contributed by atoms with van der Waals surface area (Å²) in [5.41, 5.74) is 0.452. The van der Waals surface area contributed by atoms with Crippen LogP contribution in [0.2, 0.25) is 0 Å². The lowest BCUT2D eigenvalue weighted by molar-refractivity contribution is 0.215. The first-order chi connectivity index (χ1) is 8.16. The monoisotopic (exact) mass is 303 g/mol. The van der Waals surface area contributed by atoms with E-state index < -0.39 is 6.17 Å². The third kappa shape index (κ3) is 3.49. The average molecular weight is 304 g/mol. The summed E-state index contributed by atoms with van der Waals surface area (Å²) in [5.74, 6) is -0.335. The molecule has 0 amide bonds. The number of benzene rings is 1. The Balaban J connectivity index is 1.99. The first-order valence-corrected chi connectivity index (χ1v) is 6.77. The van der Waals surface area contributed by atoms with Crippen LogP contribution in [-0.4, -0.2) is 18.8 Å². The van der Waals surface area contributed by atoms with Gasteiger partial charge in [-0.3, -0.25) is 0 Å². The number of hydrogen-bond donors (Lipinski definition) is 1. The Morgan fingerprint density at radius 3 is 2.88 bits per heavy atom. The van der Waals surface area contributed by atoms with Crippen LogP contribution < -0.4 is 5.32 Å². The molecule has 1 aromatic carbocycles. The van der Waals surface area contributed by atoms with Crippen LogP contribution in [0.25, 0.3) is 0 Å². The van der Waals surface area contributed by atoms with E-state index in [4.69, 9.17) is 0 Å². The van der Waals surface area contributed by atoms with Crippen LogP contribution in [-0.2, 0) is 6.42 Å². The van der Waals surface area contributed by atoms with E-state index in [0.717, 1.165) is 25.8 Å². The molecule has 1 heterocycles. The minimum atomic E-state index is -1.01. The molecular weight excluding hydrogens is 288 g/mol.